The second-order valence-electron chi connectivity index (χ2n) is 7.58. The van der Waals surface area contributed by atoms with Gasteiger partial charge >= 0.3 is 0 Å². The molecule has 5 rings (SSSR count). The standard InChI is InChI=1S/C22H24N4O/c1-25-14-18-13-19(26-8-10-27-11-9-26)3-4-20(18)21(15-25)16-2-5-22-17(12-16)6-7-23-24-22/h2-7,12-13,21H,8-11,14-15H2,1H3. The van der Waals surface area contributed by atoms with Gasteiger partial charge in [0.1, 0.15) is 0 Å². The maximum Gasteiger partial charge on any atom is 0.0929 e. The summed E-state index contributed by atoms with van der Waals surface area (Å²) in [5, 5.41) is 9.35. The Morgan fingerprint density at radius 1 is 1.04 bits per heavy atom. The monoisotopic (exact) mass is 360 g/mol. The minimum Gasteiger partial charge on any atom is -0.378 e. The van der Waals surface area contributed by atoms with E-state index in [1.807, 2.05) is 6.07 Å². The molecule has 0 N–H and O–H groups in total. The van der Waals surface area contributed by atoms with Gasteiger partial charge in [-0.15, -0.1) is 0 Å². The van der Waals surface area contributed by atoms with Crippen LogP contribution in [0.4, 0.5) is 5.69 Å². The van der Waals surface area contributed by atoms with Crippen molar-refractivity contribution < 1.29 is 4.74 Å². The van der Waals surface area contributed by atoms with Gasteiger partial charge in [0.05, 0.1) is 24.9 Å². The van der Waals surface area contributed by atoms with Crippen LogP contribution in [-0.4, -0.2) is 55.0 Å². The van der Waals surface area contributed by atoms with Crippen LogP contribution in [-0.2, 0) is 11.3 Å². The van der Waals surface area contributed by atoms with Crippen molar-refractivity contribution >= 4 is 16.6 Å². The first kappa shape index (κ1) is 16.7. The van der Waals surface area contributed by atoms with Crippen molar-refractivity contribution in [3.63, 3.8) is 0 Å². The van der Waals surface area contributed by atoms with E-state index in [1.54, 1.807) is 6.20 Å². The summed E-state index contributed by atoms with van der Waals surface area (Å²) in [5.74, 6) is 0.384. The van der Waals surface area contributed by atoms with Crippen LogP contribution in [0, 0.1) is 0 Å². The summed E-state index contributed by atoms with van der Waals surface area (Å²) in [7, 11) is 2.21. The van der Waals surface area contributed by atoms with Gasteiger partial charge in [-0.05, 0) is 54.1 Å². The number of rotatable bonds is 2. The van der Waals surface area contributed by atoms with Crippen LogP contribution in [0.1, 0.15) is 22.6 Å². The van der Waals surface area contributed by atoms with Crippen LogP contribution in [0.25, 0.3) is 10.9 Å². The third-order valence-electron chi connectivity index (χ3n) is 5.75. The zero-order chi connectivity index (χ0) is 18.2. The van der Waals surface area contributed by atoms with Gasteiger partial charge in [0.25, 0.3) is 0 Å². The van der Waals surface area contributed by atoms with Crippen LogP contribution in [0.2, 0.25) is 0 Å². The van der Waals surface area contributed by atoms with E-state index >= 15 is 0 Å². The lowest BCUT2D eigenvalue weighted by atomic mass is 9.84. The maximum atomic E-state index is 5.50. The van der Waals surface area contributed by atoms with Gasteiger partial charge in [-0.3, -0.25) is 0 Å². The molecule has 0 aliphatic carbocycles. The summed E-state index contributed by atoms with van der Waals surface area (Å²) in [5.41, 5.74) is 6.51. The lowest BCUT2D eigenvalue weighted by Crippen LogP contribution is -2.36. The van der Waals surface area contributed by atoms with Crippen LogP contribution >= 0.6 is 0 Å². The fourth-order valence-corrected chi connectivity index (χ4v) is 4.36. The Kier molecular flexibility index (Phi) is 4.26. The Balaban J connectivity index is 1.53. The first-order chi connectivity index (χ1) is 13.3. The molecule has 0 bridgehead atoms. The fraction of sp³-hybridized carbons (Fsp3) is 0.364. The van der Waals surface area contributed by atoms with Crippen molar-refractivity contribution in [2.45, 2.75) is 12.5 Å². The second-order valence-corrected chi connectivity index (χ2v) is 7.58. The Morgan fingerprint density at radius 2 is 1.93 bits per heavy atom. The van der Waals surface area contributed by atoms with E-state index in [2.05, 4.69) is 63.4 Å². The number of morpholine rings is 1. The van der Waals surface area contributed by atoms with Gasteiger partial charge in [-0.1, -0.05) is 12.1 Å². The largest absolute Gasteiger partial charge is 0.378 e. The molecule has 0 saturated carbocycles. The first-order valence-electron chi connectivity index (χ1n) is 9.63. The number of benzene rings is 2. The lowest BCUT2D eigenvalue weighted by Gasteiger charge is -2.35. The molecule has 2 aromatic carbocycles. The van der Waals surface area contributed by atoms with Crippen molar-refractivity contribution in [3.05, 3.63) is 65.4 Å². The molecule has 0 radical (unpaired) electrons. The summed E-state index contributed by atoms with van der Waals surface area (Å²) in [6.45, 7) is 5.63. The molecular weight excluding hydrogens is 336 g/mol. The van der Waals surface area contributed by atoms with E-state index in [9.17, 15) is 0 Å². The molecule has 0 amide bonds. The molecule has 2 aliphatic heterocycles. The van der Waals surface area contributed by atoms with Gasteiger partial charge in [-0.25, -0.2) is 0 Å². The highest BCUT2D eigenvalue weighted by molar-refractivity contribution is 5.78. The molecule has 2 aliphatic rings. The van der Waals surface area contributed by atoms with Crippen molar-refractivity contribution in [2.24, 2.45) is 0 Å². The van der Waals surface area contributed by atoms with E-state index in [1.165, 1.54) is 22.4 Å². The van der Waals surface area contributed by atoms with Gasteiger partial charge < -0.3 is 14.5 Å². The quantitative estimate of drug-likeness (QED) is 0.703. The highest BCUT2D eigenvalue weighted by Gasteiger charge is 2.26. The van der Waals surface area contributed by atoms with Gasteiger partial charge in [-0.2, -0.15) is 10.2 Å². The van der Waals surface area contributed by atoms with Crippen molar-refractivity contribution in [1.82, 2.24) is 15.1 Å². The van der Waals surface area contributed by atoms with Gasteiger partial charge in [0.15, 0.2) is 0 Å². The van der Waals surface area contributed by atoms with Crippen molar-refractivity contribution in [3.8, 4) is 0 Å². The number of ether oxygens (including phenoxy) is 1. The molecular formula is C22H24N4O. The van der Waals surface area contributed by atoms with E-state index in [0.29, 0.717) is 5.92 Å². The molecule has 1 aromatic heterocycles. The molecule has 27 heavy (non-hydrogen) atoms. The molecule has 138 valence electrons. The van der Waals surface area contributed by atoms with Crippen molar-refractivity contribution in [1.29, 1.82) is 0 Å². The minimum absolute atomic E-state index is 0.384. The average molecular weight is 360 g/mol. The van der Waals surface area contributed by atoms with Gasteiger partial charge in [0, 0.05) is 43.2 Å². The Morgan fingerprint density at radius 3 is 2.81 bits per heavy atom. The molecule has 3 heterocycles. The second kappa shape index (κ2) is 6.91. The summed E-state index contributed by atoms with van der Waals surface area (Å²) >= 11 is 0. The summed E-state index contributed by atoms with van der Waals surface area (Å²) < 4.78 is 5.50. The molecule has 1 unspecified atom stereocenters. The first-order valence-corrected chi connectivity index (χ1v) is 9.63. The topological polar surface area (TPSA) is 41.5 Å². The van der Waals surface area contributed by atoms with E-state index in [0.717, 1.165) is 50.3 Å². The smallest absolute Gasteiger partial charge is 0.0929 e. The molecule has 1 saturated heterocycles. The molecule has 5 nitrogen and oxygen atoms in total. The normalized spacial score (nSPS) is 20.6. The molecule has 1 fully saturated rings. The predicted molar refractivity (Wildman–Crippen MR) is 107 cm³/mol. The zero-order valence-corrected chi connectivity index (χ0v) is 15.6. The van der Waals surface area contributed by atoms with Crippen LogP contribution in [0.15, 0.2) is 48.7 Å². The number of nitrogens with zero attached hydrogens (tertiary/aromatic N) is 4. The molecule has 1 atom stereocenters. The number of hydrogen-bond donors (Lipinski definition) is 0. The van der Waals surface area contributed by atoms with Crippen LogP contribution < -0.4 is 4.90 Å². The highest BCUT2D eigenvalue weighted by atomic mass is 16.5. The summed E-state index contributed by atoms with van der Waals surface area (Å²) in [6.07, 6.45) is 1.77. The van der Waals surface area contributed by atoms with E-state index in [4.69, 9.17) is 4.74 Å². The van der Waals surface area contributed by atoms with Gasteiger partial charge in [0.2, 0.25) is 0 Å². The highest BCUT2D eigenvalue weighted by Crippen LogP contribution is 2.36. The number of fused-ring (bicyclic) bond motifs is 2. The average Bonchev–Trinajstić information content (AvgIpc) is 2.73. The zero-order valence-electron chi connectivity index (χ0n) is 15.6. The van der Waals surface area contributed by atoms with E-state index in [-0.39, 0.29) is 0 Å². The minimum atomic E-state index is 0.384. The summed E-state index contributed by atoms with van der Waals surface area (Å²) in [4.78, 5) is 4.85. The lowest BCUT2D eigenvalue weighted by molar-refractivity contribution is 0.122. The number of likely N-dealkylation sites (N-methyl/N-ethyl adjacent to an activating group) is 1. The molecule has 3 aromatic rings. The summed E-state index contributed by atoms with van der Waals surface area (Å²) in [6, 6.07) is 15.6. The Hall–Kier alpha value is -2.50. The SMILES string of the molecule is CN1Cc2cc(N3CCOCC3)ccc2C(c2ccc3nnccc3c2)C1. The van der Waals surface area contributed by atoms with Crippen molar-refractivity contribution in [2.75, 3.05) is 44.8 Å². The Bertz CT molecular complexity index is 967. The fourth-order valence-electron chi connectivity index (χ4n) is 4.36. The maximum absolute atomic E-state index is 5.50. The number of aromatic nitrogens is 2. The predicted octanol–water partition coefficient (Wildman–Crippen LogP) is 3.04. The van der Waals surface area contributed by atoms with Crippen LogP contribution in [0.5, 0.6) is 0 Å². The Labute approximate surface area is 159 Å². The third kappa shape index (κ3) is 3.17. The third-order valence-corrected chi connectivity index (χ3v) is 5.75. The number of hydrogen-bond acceptors (Lipinski definition) is 5. The molecule has 5 heteroatoms. The van der Waals surface area contributed by atoms with E-state index < -0.39 is 0 Å². The molecule has 0 spiro atoms. The number of anilines is 1. The van der Waals surface area contributed by atoms with Crippen LogP contribution in [0.3, 0.4) is 0 Å².